The highest BCUT2D eigenvalue weighted by molar-refractivity contribution is 6.58. The number of aliphatic hydroxyl groups is 2. The molecule has 3 aromatic carbocycles. The number of amides is 2. The van der Waals surface area contributed by atoms with E-state index in [2.05, 4.69) is 6.08 Å². The number of methoxy groups -OCH3 is 1. The first-order chi connectivity index (χ1) is 21.2. The number of aliphatic hydroxyl groups excluding tert-OH is 2. The fourth-order valence-electron chi connectivity index (χ4n) is 6.83. The number of imide groups is 1. The zero-order valence-electron chi connectivity index (χ0n) is 24.9. The van der Waals surface area contributed by atoms with E-state index in [1.165, 1.54) is 19.2 Å². The summed E-state index contributed by atoms with van der Waals surface area (Å²) in [5.41, 5.74) is 3.67. The molecule has 1 aliphatic carbocycles. The Morgan fingerprint density at radius 3 is 2.50 bits per heavy atom. The van der Waals surface area contributed by atoms with Crippen LogP contribution in [0.25, 0.3) is 16.8 Å². The molecule has 1 saturated heterocycles. The number of rotatable bonds is 11. The van der Waals surface area contributed by atoms with Crippen LogP contribution in [0.3, 0.4) is 0 Å². The SMILES string of the molecule is CC/C(=C\c1ccc(O)c2ccccc12)CC[C@@H](O)C1=C(COC)C[C@H]2C(=O)N(c3cccc(B(O)O)c3)C(=O)[C@H]2[C@H]1CO. The third-order valence-electron chi connectivity index (χ3n) is 8.97. The van der Waals surface area contributed by atoms with Crippen LogP contribution in [0.2, 0.25) is 0 Å². The minimum absolute atomic E-state index is 0.145. The van der Waals surface area contributed by atoms with E-state index in [0.717, 1.165) is 33.2 Å². The maximum absolute atomic E-state index is 13.8. The number of carbonyl (C=O) groups excluding carboxylic acids is 2. The molecule has 4 atom stereocenters. The van der Waals surface area contributed by atoms with Crippen LogP contribution in [0.1, 0.15) is 38.2 Å². The van der Waals surface area contributed by atoms with Crippen LogP contribution in [-0.4, -0.2) is 70.7 Å². The summed E-state index contributed by atoms with van der Waals surface area (Å²) in [5.74, 6) is -3.09. The van der Waals surface area contributed by atoms with Gasteiger partial charge in [-0.1, -0.05) is 61.0 Å². The van der Waals surface area contributed by atoms with Crippen molar-refractivity contribution in [2.24, 2.45) is 17.8 Å². The highest BCUT2D eigenvalue weighted by Crippen LogP contribution is 2.47. The number of phenolic OH excluding ortho intramolecular Hbond substituents is 1. The van der Waals surface area contributed by atoms with Crippen molar-refractivity contribution in [1.29, 1.82) is 0 Å². The molecule has 3 aromatic rings. The van der Waals surface area contributed by atoms with Gasteiger partial charge in [0, 0.05) is 18.4 Å². The van der Waals surface area contributed by atoms with Gasteiger partial charge in [0.2, 0.25) is 11.8 Å². The normalized spacial score (nSPS) is 21.3. The van der Waals surface area contributed by atoms with Gasteiger partial charge >= 0.3 is 7.12 Å². The molecule has 0 saturated carbocycles. The first kappa shape index (κ1) is 31.6. The average Bonchev–Trinajstić information content (AvgIpc) is 3.28. The van der Waals surface area contributed by atoms with Gasteiger partial charge in [-0.25, -0.2) is 0 Å². The molecule has 0 aromatic heterocycles. The van der Waals surface area contributed by atoms with Gasteiger partial charge in [0.1, 0.15) is 5.75 Å². The van der Waals surface area contributed by atoms with Crippen LogP contribution >= 0.6 is 0 Å². The molecule has 2 amide bonds. The smallest absolute Gasteiger partial charge is 0.488 e. The molecular formula is C34H38BNO8. The summed E-state index contributed by atoms with van der Waals surface area (Å²) in [6.07, 6.45) is 2.94. The number of aromatic hydroxyl groups is 1. The Kier molecular flexibility index (Phi) is 9.67. The number of ether oxygens (including phenoxy) is 1. The van der Waals surface area contributed by atoms with Crippen molar-refractivity contribution in [3.8, 4) is 5.75 Å². The van der Waals surface area contributed by atoms with Crippen molar-refractivity contribution in [2.75, 3.05) is 25.2 Å². The maximum Gasteiger partial charge on any atom is 0.488 e. The second-order valence-electron chi connectivity index (χ2n) is 11.5. The molecule has 9 nitrogen and oxygen atoms in total. The van der Waals surface area contributed by atoms with E-state index in [-0.39, 0.29) is 29.9 Å². The number of carbonyl (C=O) groups is 2. The molecule has 0 bridgehead atoms. The Morgan fingerprint density at radius 2 is 1.82 bits per heavy atom. The van der Waals surface area contributed by atoms with Crippen LogP contribution in [0, 0.1) is 17.8 Å². The molecular weight excluding hydrogens is 561 g/mol. The first-order valence-corrected chi connectivity index (χ1v) is 14.9. The Bertz CT molecular complexity index is 1620. The zero-order chi connectivity index (χ0) is 31.5. The van der Waals surface area contributed by atoms with Gasteiger partial charge in [0.15, 0.2) is 0 Å². The monoisotopic (exact) mass is 599 g/mol. The summed E-state index contributed by atoms with van der Waals surface area (Å²) in [6.45, 7) is 1.76. The molecule has 2 aliphatic rings. The largest absolute Gasteiger partial charge is 0.507 e. The fraction of sp³-hybridized carbons (Fsp3) is 0.353. The zero-order valence-corrected chi connectivity index (χ0v) is 24.9. The van der Waals surface area contributed by atoms with Crippen LogP contribution in [0.5, 0.6) is 5.75 Å². The summed E-state index contributed by atoms with van der Waals surface area (Å²) in [7, 11) is -0.238. The standard InChI is InChI=1S/C34H38BNO8/c1-3-20(15-21-12-14-29(38)26-10-5-4-9-25(21)26)11-13-30(39)31-22(19-44-2)16-27-32(28(31)18-37)34(41)36(33(27)40)24-8-6-7-23(17-24)35(42)43/h4-10,12,14-15,17,27-28,30,32,37-39,42-43H,3,11,13,16,18-19H2,1-2H3/b20-15+/t27-,28+,30-,32-/m1/s1. The molecule has 5 N–H and O–H groups in total. The van der Waals surface area contributed by atoms with Crippen molar-refractivity contribution >= 4 is 46.9 Å². The lowest BCUT2D eigenvalue weighted by atomic mass is 9.68. The number of anilines is 1. The number of phenols is 1. The second kappa shape index (κ2) is 13.5. The number of hydrogen-bond acceptors (Lipinski definition) is 8. The van der Waals surface area contributed by atoms with E-state index < -0.39 is 49.4 Å². The summed E-state index contributed by atoms with van der Waals surface area (Å²) in [6, 6.07) is 17.2. The molecule has 0 spiro atoms. The summed E-state index contributed by atoms with van der Waals surface area (Å²) < 4.78 is 5.45. The molecule has 1 heterocycles. The number of nitrogens with zero attached hydrogens (tertiary/aromatic N) is 1. The summed E-state index contributed by atoms with van der Waals surface area (Å²) in [5, 5.41) is 53.4. The molecule has 0 unspecified atom stereocenters. The number of allylic oxidation sites excluding steroid dienone is 1. The first-order valence-electron chi connectivity index (χ1n) is 14.9. The van der Waals surface area contributed by atoms with Crippen molar-refractivity contribution < 1.29 is 39.7 Å². The average molecular weight is 599 g/mol. The van der Waals surface area contributed by atoms with E-state index in [0.29, 0.717) is 24.0 Å². The third kappa shape index (κ3) is 5.96. The van der Waals surface area contributed by atoms with Gasteiger partial charge in [-0.15, -0.1) is 0 Å². The topological polar surface area (TPSA) is 148 Å². The molecule has 44 heavy (non-hydrogen) atoms. The molecule has 230 valence electrons. The fourth-order valence-corrected chi connectivity index (χ4v) is 6.83. The van der Waals surface area contributed by atoms with Gasteiger partial charge < -0.3 is 30.1 Å². The predicted molar refractivity (Wildman–Crippen MR) is 169 cm³/mol. The molecule has 1 fully saturated rings. The summed E-state index contributed by atoms with van der Waals surface area (Å²) in [4.78, 5) is 28.5. The van der Waals surface area contributed by atoms with E-state index in [1.807, 2.05) is 37.3 Å². The van der Waals surface area contributed by atoms with Gasteiger partial charge in [-0.2, -0.15) is 0 Å². The molecule has 10 heteroatoms. The van der Waals surface area contributed by atoms with Crippen LogP contribution in [0.15, 0.2) is 77.4 Å². The van der Waals surface area contributed by atoms with E-state index in [9.17, 15) is 35.0 Å². The van der Waals surface area contributed by atoms with E-state index in [4.69, 9.17) is 4.74 Å². The van der Waals surface area contributed by atoms with Crippen molar-refractivity contribution in [2.45, 2.75) is 38.7 Å². The second-order valence-corrected chi connectivity index (χ2v) is 11.5. The van der Waals surface area contributed by atoms with Crippen molar-refractivity contribution in [3.63, 3.8) is 0 Å². The lowest BCUT2D eigenvalue weighted by Crippen LogP contribution is -2.40. The van der Waals surface area contributed by atoms with E-state index in [1.54, 1.807) is 18.2 Å². The Labute approximate surface area is 256 Å². The number of fused-ring (bicyclic) bond motifs is 2. The van der Waals surface area contributed by atoms with Gasteiger partial charge in [-0.3, -0.25) is 14.5 Å². The minimum Gasteiger partial charge on any atom is -0.507 e. The quantitative estimate of drug-likeness (QED) is 0.128. The van der Waals surface area contributed by atoms with Gasteiger partial charge in [0.25, 0.3) is 0 Å². The molecule has 0 radical (unpaired) electrons. The molecule has 5 rings (SSSR count). The number of benzene rings is 3. The van der Waals surface area contributed by atoms with Gasteiger partial charge in [-0.05, 0) is 71.4 Å². The van der Waals surface area contributed by atoms with Crippen molar-refractivity contribution in [1.82, 2.24) is 0 Å². The third-order valence-corrected chi connectivity index (χ3v) is 8.97. The molecule has 1 aliphatic heterocycles. The van der Waals surface area contributed by atoms with Crippen LogP contribution in [0.4, 0.5) is 5.69 Å². The van der Waals surface area contributed by atoms with Crippen LogP contribution < -0.4 is 10.4 Å². The van der Waals surface area contributed by atoms with Crippen molar-refractivity contribution in [3.05, 3.63) is 82.9 Å². The van der Waals surface area contributed by atoms with Crippen LogP contribution in [-0.2, 0) is 14.3 Å². The lowest BCUT2D eigenvalue weighted by molar-refractivity contribution is -0.123. The predicted octanol–water partition coefficient (Wildman–Crippen LogP) is 2.92. The highest BCUT2D eigenvalue weighted by atomic mass is 16.5. The Hall–Kier alpha value is -3.80. The minimum atomic E-state index is -1.76. The lowest BCUT2D eigenvalue weighted by Gasteiger charge is -2.36. The maximum atomic E-state index is 13.8. The summed E-state index contributed by atoms with van der Waals surface area (Å²) >= 11 is 0. The Morgan fingerprint density at radius 1 is 1.07 bits per heavy atom. The Balaban J connectivity index is 1.42. The highest BCUT2D eigenvalue weighted by Gasteiger charge is 2.55. The van der Waals surface area contributed by atoms with E-state index >= 15 is 0 Å². The van der Waals surface area contributed by atoms with Gasteiger partial charge in [0.05, 0.1) is 36.8 Å². The number of hydrogen-bond donors (Lipinski definition) is 5.